The molecular weight excluding hydrogens is 494 g/mol. The van der Waals surface area contributed by atoms with E-state index in [4.69, 9.17) is 28.4 Å². The van der Waals surface area contributed by atoms with Gasteiger partial charge in [0.15, 0.2) is 18.3 Å². The zero-order chi connectivity index (χ0) is 27.8. The van der Waals surface area contributed by atoms with Gasteiger partial charge in [-0.05, 0) is 78.6 Å². The Bertz CT molecular complexity index is 1360. The summed E-state index contributed by atoms with van der Waals surface area (Å²) in [6.45, 7) is 7.28. The summed E-state index contributed by atoms with van der Waals surface area (Å²) in [6, 6.07) is 10.6. The first-order valence-electron chi connectivity index (χ1n) is 13.6. The quantitative estimate of drug-likeness (QED) is 0.232. The second kappa shape index (κ2) is 10.9. The van der Waals surface area contributed by atoms with Crippen LogP contribution in [0.15, 0.2) is 36.5 Å². The molecule has 0 amide bonds. The number of rotatable bonds is 9. The Morgan fingerprint density at radius 1 is 0.974 bits per heavy atom. The number of nitrogens with zero attached hydrogens (tertiary/aromatic N) is 1. The lowest BCUT2D eigenvalue weighted by molar-refractivity contribution is -0.185. The first-order chi connectivity index (χ1) is 18.7. The van der Waals surface area contributed by atoms with Crippen LogP contribution in [-0.2, 0) is 27.7 Å². The summed E-state index contributed by atoms with van der Waals surface area (Å²) in [7, 11) is 7.06. The number of aryl methyl sites for hydroxylation is 1. The molecule has 0 bridgehead atoms. The van der Waals surface area contributed by atoms with Crippen molar-refractivity contribution in [3.63, 3.8) is 0 Å². The number of methoxy groups -OCH3 is 3. The lowest BCUT2D eigenvalue weighted by atomic mass is 9.57. The van der Waals surface area contributed by atoms with E-state index in [1.807, 2.05) is 13.1 Å². The average Bonchev–Trinajstić information content (AvgIpc) is 3.29. The van der Waals surface area contributed by atoms with Crippen LogP contribution in [-0.4, -0.2) is 51.2 Å². The largest absolute Gasteiger partial charge is 0.496 e. The molecule has 39 heavy (non-hydrogen) atoms. The highest BCUT2D eigenvalue weighted by Crippen LogP contribution is 2.55. The third-order valence-electron chi connectivity index (χ3n) is 8.68. The fourth-order valence-electron chi connectivity index (χ4n) is 6.57. The smallest absolute Gasteiger partial charge is 0.188 e. The van der Waals surface area contributed by atoms with Crippen molar-refractivity contribution >= 4 is 23.1 Å². The molecule has 0 radical (unpaired) electrons. The van der Waals surface area contributed by atoms with Crippen molar-refractivity contribution in [2.75, 3.05) is 34.9 Å². The molecule has 7 nitrogen and oxygen atoms in total. The molecule has 1 aliphatic heterocycles. The molecule has 7 heteroatoms. The van der Waals surface area contributed by atoms with Gasteiger partial charge < -0.3 is 33.0 Å². The van der Waals surface area contributed by atoms with Crippen LogP contribution in [0.3, 0.4) is 0 Å². The van der Waals surface area contributed by atoms with Crippen molar-refractivity contribution in [3.05, 3.63) is 53.2 Å². The van der Waals surface area contributed by atoms with Crippen molar-refractivity contribution in [2.24, 2.45) is 18.4 Å². The number of aromatic nitrogens is 1. The van der Waals surface area contributed by atoms with Gasteiger partial charge in [0.2, 0.25) is 0 Å². The molecule has 1 fully saturated rings. The summed E-state index contributed by atoms with van der Waals surface area (Å²) in [5.41, 5.74) is 3.96. The van der Waals surface area contributed by atoms with Crippen LogP contribution in [0.25, 0.3) is 23.1 Å². The zero-order valence-electron chi connectivity index (χ0n) is 24.2. The van der Waals surface area contributed by atoms with E-state index >= 15 is 0 Å². The van der Waals surface area contributed by atoms with E-state index in [-0.39, 0.29) is 29.8 Å². The van der Waals surface area contributed by atoms with Crippen LogP contribution in [0, 0.1) is 11.3 Å². The summed E-state index contributed by atoms with van der Waals surface area (Å²) in [5.74, 6) is 2.66. The van der Waals surface area contributed by atoms with Gasteiger partial charge in [-0.25, -0.2) is 0 Å². The molecule has 2 aliphatic rings. The van der Waals surface area contributed by atoms with Gasteiger partial charge in [-0.1, -0.05) is 26.0 Å². The topological polar surface area (TPSA) is 60.3 Å². The maximum absolute atomic E-state index is 6.83. The fourth-order valence-corrected chi connectivity index (χ4v) is 6.57. The van der Waals surface area contributed by atoms with Crippen LogP contribution in [0.4, 0.5) is 0 Å². The Hall–Kier alpha value is -3.00. The second-order valence-electron chi connectivity index (χ2n) is 11.6. The summed E-state index contributed by atoms with van der Waals surface area (Å²) in [4.78, 5) is 0. The molecule has 5 rings (SSSR count). The lowest BCUT2D eigenvalue weighted by Gasteiger charge is -2.56. The van der Waals surface area contributed by atoms with Crippen molar-refractivity contribution in [2.45, 2.75) is 51.7 Å². The SMILES string of the molecule is COCOc1cc(/C=C/c2cc(OC)c3ccn(C)c3c2)cc2c1O[C@]1(C)CC[C@@H](OCOC)C(C)(C)[C@H]1C2. The molecule has 2 aromatic carbocycles. The fraction of sp³-hybridized carbons (Fsp3) is 0.500. The van der Waals surface area contributed by atoms with Crippen molar-refractivity contribution in [1.82, 2.24) is 4.57 Å². The highest BCUT2D eigenvalue weighted by Gasteiger charge is 2.55. The minimum Gasteiger partial charge on any atom is -0.496 e. The van der Waals surface area contributed by atoms with E-state index in [1.165, 1.54) is 0 Å². The van der Waals surface area contributed by atoms with Crippen molar-refractivity contribution < 1.29 is 28.4 Å². The molecule has 3 aromatic rings. The van der Waals surface area contributed by atoms with Crippen LogP contribution in [0.1, 0.15) is 50.3 Å². The molecule has 0 spiro atoms. The maximum Gasteiger partial charge on any atom is 0.188 e. The Balaban J connectivity index is 1.50. The molecule has 1 aromatic heterocycles. The molecule has 3 atom stereocenters. The summed E-state index contributed by atoms with van der Waals surface area (Å²) in [6.07, 6.45) is 9.09. The van der Waals surface area contributed by atoms with Gasteiger partial charge in [-0.2, -0.15) is 0 Å². The van der Waals surface area contributed by atoms with E-state index in [2.05, 4.69) is 68.0 Å². The molecule has 1 aliphatic carbocycles. The van der Waals surface area contributed by atoms with Gasteiger partial charge in [0, 0.05) is 38.8 Å². The number of benzene rings is 2. The van der Waals surface area contributed by atoms with Crippen LogP contribution >= 0.6 is 0 Å². The minimum atomic E-state index is -0.312. The van der Waals surface area contributed by atoms with Gasteiger partial charge in [-0.3, -0.25) is 0 Å². The molecule has 2 heterocycles. The molecule has 0 saturated heterocycles. The Labute approximate surface area is 231 Å². The molecule has 1 saturated carbocycles. The van der Waals surface area contributed by atoms with Crippen LogP contribution in [0.2, 0.25) is 0 Å². The number of fused-ring (bicyclic) bond motifs is 3. The van der Waals surface area contributed by atoms with Crippen LogP contribution in [0.5, 0.6) is 17.2 Å². The third-order valence-corrected chi connectivity index (χ3v) is 8.68. The summed E-state index contributed by atoms with van der Waals surface area (Å²) in [5, 5.41) is 1.10. The van der Waals surface area contributed by atoms with Gasteiger partial charge in [0.05, 0.1) is 18.7 Å². The predicted octanol–water partition coefficient (Wildman–Crippen LogP) is 6.46. The van der Waals surface area contributed by atoms with E-state index in [9.17, 15) is 0 Å². The van der Waals surface area contributed by atoms with Crippen LogP contribution < -0.4 is 14.2 Å². The van der Waals surface area contributed by atoms with Gasteiger partial charge in [0.1, 0.15) is 18.1 Å². The monoisotopic (exact) mass is 535 g/mol. The van der Waals surface area contributed by atoms with Gasteiger partial charge in [-0.15, -0.1) is 0 Å². The molecule has 0 N–H and O–H groups in total. The van der Waals surface area contributed by atoms with Gasteiger partial charge >= 0.3 is 0 Å². The second-order valence-corrected chi connectivity index (χ2v) is 11.6. The minimum absolute atomic E-state index is 0.0936. The molecule has 210 valence electrons. The Morgan fingerprint density at radius 2 is 1.69 bits per heavy atom. The zero-order valence-corrected chi connectivity index (χ0v) is 24.2. The highest BCUT2D eigenvalue weighted by atomic mass is 16.7. The summed E-state index contributed by atoms with van der Waals surface area (Å²) < 4.78 is 37.3. The maximum atomic E-state index is 6.83. The van der Waals surface area contributed by atoms with Crippen molar-refractivity contribution in [1.29, 1.82) is 0 Å². The van der Waals surface area contributed by atoms with E-state index < -0.39 is 0 Å². The molecule has 0 unspecified atom stereocenters. The van der Waals surface area contributed by atoms with E-state index in [1.54, 1.807) is 21.3 Å². The predicted molar refractivity (Wildman–Crippen MR) is 153 cm³/mol. The first-order valence-corrected chi connectivity index (χ1v) is 13.6. The molecular formula is C32H41NO6. The first kappa shape index (κ1) is 27.6. The normalized spacial score (nSPS) is 23.9. The third kappa shape index (κ3) is 5.15. The van der Waals surface area contributed by atoms with E-state index in [0.717, 1.165) is 58.4 Å². The van der Waals surface area contributed by atoms with E-state index in [0.29, 0.717) is 12.5 Å². The number of hydrogen-bond acceptors (Lipinski definition) is 6. The van der Waals surface area contributed by atoms with Crippen molar-refractivity contribution in [3.8, 4) is 17.2 Å². The number of hydrogen-bond donors (Lipinski definition) is 0. The summed E-state index contributed by atoms with van der Waals surface area (Å²) >= 11 is 0. The standard InChI is InChI=1S/C32H41NO6/c1-31(2)28-18-23-14-21(8-9-22-15-25-24(11-13-33(25)4)26(16-22)36-7)17-27(37-19-34-5)30(23)39-32(28,3)12-10-29(31)38-20-35-6/h8-9,11,13-17,28-29H,10,12,18-20H2,1-7H3/b9-8+/t28-,29-,32-/m1/s1. The average molecular weight is 536 g/mol. The Kier molecular flexibility index (Phi) is 7.68. The Morgan fingerprint density at radius 3 is 2.41 bits per heavy atom. The highest BCUT2D eigenvalue weighted by molar-refractivity contribution is 5.90. The van der Waals surface area contributed by atoms with Gasteiger partial charge in [0.25, 0.3) is 0 Å². The number of ether oxygens (including phenoxy) is 6. The lowest BCUT2D eigenvalue weighted by Crippen LogP contribution is -2.59.